The fourth-order valence-corrected chi connectivity index (χ4v) is 2.35. The van der Waals surface area contributed by atoms with E-state index in [0.717, 1.165) is 6.42 Å². The molecule has 0 spiro atoms. The Labute approximate surface area is 129 Å². The van der Waals surface area contributed by atoms with Crippen LogP contribution in [0.3, 0.4) is 0 Å². The molecule has 0 bridgehead atoms. The van der Waals surface area contributed by atoms with E-state index in [0.29, 0.717) is 11.0 Å². The van der Waals surface area contributed by atoms with Crippen molar-refractivity contribution in [3.63, 3.8) is 0 Å². The zero-order valence-corrected chi connectivity index (χ0v) is 14.0. The van der Waals surface area contributed by atoms with Crippen molar-refractivity contribution < 1.29 is 19.5 Å². The summed E-state index contributed by atoms with van der Waals surface area (Å²) in [4.78, 5) is 10.9. The van der Waals surface area contributed by atoms with Gasteiger partial charge in [-0.2, -0.15) is 0 Å². The Balaban J connectivity index is 4.42. The third-order valence-corrected chi connectivity index (χ3v) is 3.08. The van der Waals surface area contributed by atoms with Crippen molar-refractivity contribution in [2.45, 2.75) is 51.0 Å². The summed E-state index contributed by atoms with van der Waals surface area (Å²) in [6, 6.07) is 0. The molecule has 0 unspecified atom stereocenters. The Morgan fingerprint density at radius 3 is 2.33 bits per heavy atom. The van der Waals surface area contributed by atoms with Crippen LogP contribution in [0.15, 0.2) is 24.3 Å². The summed E-state index contributed by atoms with van der Waals surface area (Å²) in [6.07, 6.45) is 13.0. The van der Waals surface area contributed by atoms with Crippen molar-refractivity contribution in [2.75, 3.05) is 27.7 Å². The molecule has 21 heavy (non-hydrogen) atoms. The van der Waals surface area contributed by atoms with Crippen molar-refractivity contribution in [2.24, 2.45) is 0 Å². The van der Waals surface area contributed by atoms with E-state index in [9.17, 15) is 9.90 Å². The summed E-state index contributed by atoms with van der Waals surface area (Å²) in [5, 5.41) is 19.4. The minimum absolute atomic E-state index is 0.274. The molecule has 0 aliphatic heterocycles. The van der Waals surface area contributed by atoms with Crippen LogP contribution in [0, 0.1) is 0 Å². The molecule has 1 atom stereocenters. The lowest BCUT2D eigenvalue weighted by Crippen LogP contribution is -2.49. The maximum Gasteiger partial charge on any atom is 0.306 e. The van der Waals surface area contributed by atoms with Crippen LogP contribution in [-0.4, -0.2) is 54.0 Å². The van der Waals surface area contributed by atoms with Gasteiger partial charge in [-0.15, -0.1) is 0 Å². The molecule has 4 heteroatoms. The molecule has 0 aliphatic carbocycles. The largest absolute Gasteiger partial charge is 0.481 e. The van der Waals surface area contributed by atoms with Gasteiger partial charge in [0.2, 0.25) is 0 Å². The van der Waals surface area contributed by atoms with Crippen LogP contribution in [0.1, 0.15) is 45.4 Å². The summed E-state index contributed by atoms with van der Waals surface area (Å²) in [7, 11) is 5.80. The van der Waals surface area contributed by atoms with Crippen LogP contribution in [0.4, 0.5) is 0 Å². The normalized spacial score (nSPS) is 15.7. The fourth-order valence-electron chi connectivity index (χ4n) is 2.35. The molecule has 0 heterocycles. The average Bonchev–Trinajstić information content (AvgIpc) is 2.29. The third-order valence-electron chi connectivity index (χ3n) is 3.08. The molecule has 0 aliphatic rings. The van der Waals surface area contributed by atoms with Crippen LogP contribution in [0.25, 0.3) is 0 Å². The number of unbranched alkanes of at least 4 members (excludes halogenated alkanes) is 4. The van der Waals surface area contributed by atoms with Crippen LogP contribution in [-0.2, 0) is 4.79 Å². The molecule has 0 aromatic heterocycles. The number of carboxylic acid groups (broad SMARTS) is 1. The lowest BCUT2D eigenvalue weighted by molar-refractivity contribution is -0.876. The number of quaternary nitrogens is 1. The van der Waals surface area contributed by atoms with Gasteiger partial charge in [0.15, 0.2) is 0 Å². The highest BCUT2D eigenvalue weighted by molar-refractivity contribution is 5.68. The second-order valence-corrected chi connectivity index (χ2v) is 6.76. The standard InChI is InChI=1S/C17H31NO3/c1-5-6-7-8-9-10-11-12-13-17(21,14-16(19)20)15-18(2,3)4/h10-13,21H,5-9,14-15H2,1-4H3/p+1/t17-/m1/s1. The molecule has 0 radical (unpaired) electrons. The summed E-state index contributed by atoms with van der Waals surface area (Å²) in [5.74, 6) is -0.987. The summed E-state index contributed by atoms with van der Waals surface area (Å²) >= 11 is 0. The second kappa shape index (κ2) is 9.74. The molecule has 4 nitrogen and oxygen atoms in total. The van der Waals surface area contributed by atoms with Gasteiger partial charge in [-0.05, 0) is 18.9 Å². The van der Waals surface area contributed by atoms with Gasteiger partial charge >= 0.3 is 5.97 Å². The number of aliphatic hydroxyl groups is 1. The quantitative estimate of drug-likeness (QED) is 0.350. The maximum atomic E-state index is 10.9. The highest BCUT2D eigenvalue weighted by Crippen LogP contribution is 2.16. The van der Waals surface area contributed by atoms with Gasteiger partial charge in [0, 0.05) is 0 Å². The number of rotatable bonds is 11. The van der Waals surface area contributed by atoms with Crippen LogP contribution in [0.5, 0.6) is 0 Å². The molecule has 122 valence electrons. The van der Waals surface area contributed by atoms with E-state index >= 15 is 0 Å². The number of carbonyl (C=O) groups is 1. The van der Waals surface area contributed by atoms with Crippen LogP contribution >= 0.6 is 0 Å². The zero-order chi connectivity index (χ0) is 16.4. The third kappa shape index (κ3) is 12.3. The Hall–Kier alpha value is -1.13. The molecule has 2 N–H and O–H groups in total. The summed E-state index contributed by atoms with van der Waals surface area (Å²) in [6.45, 7) is 2.55. The highest BCUT2D eigenvalue weighted by atomic mass is 16.4. The molecule has 0 aromatic rings. The topological polar surface area (TPSA) is 57.5 Å². The smallest absolute Gasteiger partial charge is 0.306 e. The van der Waals surface area contributed by atoms with Crippen LogP contribution < -0.4 is 0 Å². The molecular weight excluding hydrogens is 266 g/mol. The van der Waals surface area contributed by atoms with E-state index in [1.807, 2.05) is 27.2 Å². The lowest BCUT2D eigenvalue weighted by atomic mass is 9.97. The molecule has 0 saturated carbocycles. The second-order valence-electron chi connectivity index (χ2n) is 6.76. The van der Waals surface area contributed by atoms with Crippen molar-refractivity contribution in [3.8, 4) is 0 Å². The number of hydrogen-bond donors (Lipinski definition) is 2. The number of nitrogens with zero attached hydrogens (tertiary/aromatic N) is 1. The van der Waals surface area contributed by atoms with Gasteiger partial charge in [0.1, 0.15) is 12.1 Å². The summed E-state index contributed by atoms with van der Waals surface area (Å²) in [5.41, 5.74) is -1.31. The van der Waals surface area contributed by atoms with E-state index in [2.05, 4.69) is 13.0 Å². The number of carboxylic acids is 1. The van der Waals surface area contributed by atoms with E-state index in [1.54, 1.807) is 12.2 Å². The minimum atomic E-state index is -1.31. The maximum absolute atomic E-state index is 10.9. The van der Waals surface area contributed by atoms with Crippen molar-refractivity contribution in [1.82, 2.24) is 0 Å². The van der Waals surface area contributed by atoms with E-state index < -0.39 is 11.6 Å². The number of allylic oxidation sites excluding steroid dienone is 3. The first-order chi connectivity index (χ1) is 9.68. The number of hydrogen-bond acceptors (Lipinski definition) is 2. The van der Waals surface area contributed by atoms with Crippen molar-refractivity contribution in [1.29, 1.82) is 0 Å². The molecule has 0 amide bonds. The van der Waals surface area contributed by atoms with Gasteiger partial charge in [-0.25, -0.2) is 0 Å². The molecule has 0 rings (SSSR count). The summed E-state index contributed by atoms with van der Waals surface area (Å²) < 4.78 is 0.509. The van der Waals surface area contributed by atoms with Gasteiger partial charge in [-0.3, -0.25) is 4.79 Å². The van der Waals surface area contributed by atoms with Gasteiger partial charge in [-0.1, -0.05) is 44.4 Å². The van der Waals surface area contributed by atoms with E-state index in [-0.39, 0.29) is 6.42 Å². The Morgan fingerprint density at radius 2 is 1.81 bits per heavy atom. The van der Waals surface area contributed by atoms with Gasteiger partial charge < -0.3 is 14.7 Å². The molecule has 0 aromatic carbocycles. The molecule has 0 fully saturated rings. The van der Waals surface area contributed by atoms with Gasteiger partial charge in [0.25, 0.3) is 0 Å². The predicted octanol–water partition coefficient (Wildman–Crippen LogP) is 2.98. The monoisotopic (exact) mass is 298 g/mol. The average molecular weight is 298 g/mol. The van der Waals surface area contributed by atoms with Crippen molar-refractivity contribution in [3.05, 3.63) is 24.3 Å². The first kappa shape index (κ1) is 19.9. The highest BCUT2D eigenvalue weighted by Gasteiger charge is 2.33. The molecule has 0 saturated heterocycles. The first-order valence-corrected chi connectivity index (χ1v) is 7.77. The Morgan fingerprint density at radius 1 is 1.14 bits per heavy atom. The van der Waals surface area contributed by atoms with E-state index in [4.69, 9.17) is 5.11 Å². The van der Waals surface area contributed by atoms with Crippen LogP contribution in [0.2, 0.25) is 0 Å². The Bertz CT molecular complexity index is 356. The SMILES string of the molecule is CCCCCCC=CC=C[C@@](O)(CC(=O)O)C[N+](C)(C)C. The lowest BCUT2D eigenvalue weighted by Gasteiger charge is -2.32. The zero-order valence-electron chi connectivity index (χ0n) is 14.0. The predicted molar refractivity (Wildman–Crippen MR) is 87.1 cm³/mol. The van der Waals surface area contributed by atoms with Crippen molar-refractivity contribution >= 4 is 5.97 Å². The molecular formula is C17H32NO3+. The fraction of sp³-hybridized carbons (Fsp3) is 0.706. The first-order valence-electron chi connectivity index (χ1n) is 7.77. The number of likely N-dealkylation sites (N-methyl/N-ethyl adjacent to an activating group) is 1. The van der Waals surface area contributed by atoms with E-state index in [1.165, 1.54) is 25.7 Å². The number of aliphatic carboxylic acids is 1. The van der Waals surface area contributed by atoms with Gasteiger partial charge in [0.05, 0.1) is 27.6 Å². The Kier molecular flexibility index (Phi) is 9.22. The minimum Gasteiger partial charge on any atom is -0.481 e.